The highest BCUT2D eigenvalue weighted by atomic mass is 16.5. The van der Waals surface area contributed by atoms with Gasteiger partial charge in [-0.2, -0.15) is 0 Å². The first-order valence-corrected chi connectivity index (χ1v) is 10.9. The lowest BCUT2D eigenvalue weighted by Crippen LogP contribution is -2.25. The number of aromatic nitrogens is 4. The zero-order valence-corrected chi connectivity index (χ0v) is 17.6. The Morgan fingerprint density at radius 2 is 1.75 bits per heavy atom. The van der Waals surface area contributed by atoms with Crippen molar-refractivity contribution in [2.75, 3.05) is 0 Å². The number of nitrogens with zero attached hydrogens (tertiary/aromatic N) is 3. The van der Waals surface area contributed by atoms with Gasteiger partial charge in [-0.25, -0.2) is 9.97 Å². The van der Waals surface area contributed by atoms with Crippen molar-refractivity contribution in [3.8, 4) is 28.5 Å². The first-order valence-electron chi connectivity index (χ1n) is 10.9. The average Bonchev–Trinajstić information content (AvgIpc) is 3.25. The molecule has 7 heteroatoms. The molecule has 4 aromatic rings. The molecule has 0 amide bonds. The summed E-state index contributed by atoms with van der Waals surface area (Å²) >= 11 is 0. The van der Waals surface area contributed by atoms with Gasteiger partial charge in [-0.15, -0.1) is 0 Å². The number of para-hydroxylation sites is 2. The first-order chi connectivity index (χ1) is 15.6. The smallest absolute Gasteiger partial charge is 0.303 e. The van der Waals surface area contributed by atoms with Crippen molar-refractivity contribution >= 4 is 17.0 Å². The number of hydrogen-bond acceptors (Lipinski definition) is 5. The highest BCUT2D eigenvalue weighted by Gasteiger charge is 2.24. The number of carbonyl (C=O) groups is 1. The van der Waals surface area contributed by atoms with E-state index in [-0.39, 0.29) is 18.4 Å². The van der Waals surface area contributed by atoms with Crippen LogP contribution < -0.4 is 4.74 Å². The Hall–Kier alpha value is -3.74. The molecule has 1 aliphatic carbocycles. The van der Waals surface area contributed by atoms with Gasteiger partial charge in [0.25, 0.3) is 0 Å². The van der Waals surface area contributed by atoms with E-state index in [1.165, 1.54) is 0 Å². The Labute approximate surface area is 185 Å². The quantitative estimate of drug-likeness (QED) is 0.443. The molecule has 0 radical (unpaired) electrons. The first kappa shape index (κ1) is 20.2. The van der Waals surface area contributed by atoms with E-state index in [1.54, 1.807) is 6.20 Å². The van der Waals surface area contributed by atoms with Crippen molar-refractivity contribution in [2.24, 2.45) is 5.92 Å². The zero-order chi connectivity index (χ0) is 21.9. The second-order valence-electron chi connectivity index (χ2n) is 8.28. The summed E-state index contributed by atoms with van der Waals surface area (Å²) in [6.45, 7) is 0. The number of nitrogens with one attached hydrogen (secondary N) is 1. The van der Waals surface area contributed by atoms with Crippen molar-refractivity contribution in [3.05, 3.63) is 60.9 Å². The molecule has 0 bridgehead atoms. The SMILES string of the molecule is O=C(O)C[C@H]1CC[C@@H](Oc2ccc(-c3ccc(-c4nc5ccccc5[nH]4)cn3)cn2)CC1. The normalized spacial score (nSPS) is 18.5. The van der Waals surface area contributed by atoms with Gasteiger partial charge in [-0.05, 0) is 61.9 Å². The number of carboxylic acid groups (broad SMARTS) is 1. The second kappa shape index (κ2) is 8.78. The Balaban J connectivity index is 1.22. The minimum Gasteiger partial charge on any atom is -0.481 e. The van der Waals surface area contributed by atoms with Gasteiger partial charge < -0.3 is 14.8 Å². The highest BCUT2D eigenvalue weighted by Crippen LogP contribution is 2.30. The molecular weight excluding hydrogens is 404 g/mol. The van der Waals surface area contributed by atoms with Crippen molar-refractivity contribution in [1.29, 1.82) is 0 Å². The number of fused-ring (bicyclic) bond motifs is 1. The average molecular weight is 428 g/mol. The lowest BCUT2D eigenvalue weighted by atomic mass is 9.85. The van der Waals surface area contributed by atoms with Crippen molar-refractivity contribution in [1.82, 2.24) is 19.9 Å². The van der Waals surface area contributed by atoms with E-state index in [9.17, 15) is 4.79 Å². The molecule has 0 saturated heterocycles. The van der Waals surface area contributed by atoms with Gasteiger partial charge in [0, 0.05) is 36.0 Å². The van der Waals surface area contributed by atoms with Crippen LogP contribution in [0.2, 0.25) is 0 Å². The third kappa shape index (κ3) is 4.46. The van der Waals surface area contributed by atoms with Crippen LogP contribution in [0.1, 0.15) is 32.1 Å². The molecule has 0 aliphatic heterocycles. The molecule has 1 aromatic carbocycles. The number of H-pyrrole nitrogens is 1. The summed E-state index contributed by atoms with van der Waals surface area (Å²) in [6.07, 6.45) is 7.44. The number of aliphatic carboxylic acids is 1. The minimum atomic E-state index is -0.717. The third-order valence-electron chi connectivity index (χ3n) is 6.00. The summed E-state index contributed by atoms with van der Waals surface area (Å²) in [4.78, 5) is 27.8. The number of aromatic amines is 1. The maximum absolute atomic E-state index is 10.9. The van der Waals surface area contributed by atoms with E-state index in [0.717, 1.165) is 59.4 Å². The van der Waals surface area contributed by atoms with Crippen LogP contribution in [-0.2, 0) is 4.79 Å². The van der Waals surface area contributed by atoms with E-state index in [0.29, 0.717) is 5.88 Å². The van der Waals surface area contributed by atoms with Crippen LogP contribution in [0.3, 0.4) is 0 Å². The van der Waals surface area contributed by atoms with E-state index in [2.05, 4.69) is 19.9 Å². The topological polar surface area (TPSA) is 101 Å². The predicted molar refractivity (Wildman–Crippen MR) is 121 cm³/mol. The molecule has 1 aliphatic rings. The van der Waals surface area contributed by atoms with Crippen LogP contribution in [0, 0.1) is 5.92 Å². The summed E-state index contributed by atoms with van der Waals surface area (Å²) < 4.78 is 6.01. The molecule has 0 atom stereocenters. The highest BCUT2D eigenvalue weighted by molar-refractivity contribution is 5.79. The van der Waals surface area contributed by atoms with Gasteiger partial charge in [-0.1, -0.05) is 12.1 Å². The van der Waals surface area contributed by atoms with Gasteiger partial charge in [0.15, 0.2) is 0 Å². The fourth-order valence-corrected chi connectivity index (χ4v) is 4.27. The van der Waals surface area contributed by atoms with Crippen LogP contribution >= 0.6 is 0 Å². The Morgan fingerprint density at radius 1 is 0.969 bits per heavy atom. The van der Waals surface area contributed by atoms with Gasteiger partial charge >= 0.3 is 5.97 Å². The van der Waals surface area contributed by atoms with E-state index in [1.807, 2.05) is 54.7 Å². The van der Waals surface area contributed by atoms with Gasteiger partial charge in [0.2, 0.25) is 5.88 Å². The summed E-state index contributed by atoms with van der Waals surface area (Å²) in [7, 11) is 0. The molecule has 32 heavy (non-hydrogen) atoms. The van der Waals surface area contributed by atoms with Crippen LogP contribution in [-0.4, -0.2) is 37.1 Å². The van der Waals surface area contributed by atoms with Crippen molar-refractivity contribution < 1.29 is 14.6 Å². The number of imidazole rings is 1. The molecule has 162 valence electrons. The number of hydrogen-bond donors (Lipinski definition) is 2. The molecule has 3 aromatic heterocycles. The molecule has 3 heterocycles. The maximum atomic E-state index is 10.9. The molecule has 0 unspecified atom stereocenters. The Bertz CT molecular complexity index is 1180. The largest absolute Gasteiger partial charge is 0.481 e. The van der Waals surface area contributed by atoms with E-state index in [4.69, 9.17) is 9.84 Å². The van der Waals surface area contributed by atoms with Crippen molar-refractivity contribution in [3.63, 3.8) is 0 Å². The number of carboxylic acids is 1. The summed E-state index contributed by atoms with van der Waals surface area (Å²) in [5, 5.41) is 8.94. The maximum Gasteiger partial charge on any atom is 0.303 e. The van der Waals surface area contributed by atoms with Gasteiger partial charge in [-0.3, -0.25) is 9.78 Å². The van der Waals surface area contributed by atoms with E-state index < -0.39 is 5.97 Å². The monoisotopic (exact) mass is 428 g/mol. The standard InChI is InChI=1S/C25H24N4O3/c30-24(31)13-16-5-9-19(10-6-16)32-23-12-8-17(14-27-23)20-11-7-18(15-26-20)25-28-21-3-1-2-4-22(21)29-25/h1-4,7-8,11-12,14-16,19H,5-6,9-10,13H2,(H,28,29)(H,30,31)/t16-,19+. The number of benzene rings is 1. The molecule has 1 fully saturated rings. The zero-order valence-electron chi connectivity index (χ0n) is 17.6. The van der Waals surface area contributed by atoms with Gasteiger partial charge in [0.1, 0.15) is 11.9 Å². The third-order valence-corrected chi connectivity index (χ3v) is 6.00. The molecule has 7 nitrogen and oxygen atoms in total. The molecule has 2 N–H and O–H groups in total. The molecular formula is C25H24N4O3. The Morgan fingerprint density at radius 3 is 2.44 bits per heavy atom. The van der Waals surface area contributed by atoms with E-state index >= 15 is 0 Å². The predicted octanol–water partition coefficient (Wildman–Crippen LogP) is 5.10. The fraction of sp³-hybridized carbons (Fsp3) is 0.280. The summed E-state index contributed by atoms with van der Waals surface area (Å²) in [6, 6.07) is 15.7. The van der Waals surface area contributed by atoms with Crippen LogP contribution in [0.25, 0.3) is 33.7 Å². The summed E-state index contributed by atoms with van der Waals surface area (Å²) in [5.74, 6) is 0.932. The Kier molecular flexibility index (Phi) is 5.54. The lowest BCUT2D eigenvalue weighted by Gasteiger charge is -2.27. The van der Waals surface area contributed by atoms with Crippen molar-refractivity contribution in [2.45, 2.75) is 38.2 Å². The van der Waals surface area contributed by atoms with Gasteiger partial charge in [0.05, 0.1) is 16.7 Å². The summed E-state index contributed by atoms with van der Waals surface area (Å²) in [5.41, 5.74) is 4.61. The minimum absolute atomic E-state index is 0.0969. The fourth-order valence-electron chi connectivity index (χ4n) is 4.27. The molecule has 1 saturated carbocycles. The second-order valence-corrected chi connectivity index (χ2v) is 8.28. The molecule has 5 rings (SSSR count). The van der Waals surface area contributed by atoms with Crippen LogP contribution in [0.15, 0.2) is 60.9 Å². The van der Waals surface area contributed by atoms with Crippen LogP contribution in [0.4, 0.5) is 0 Å². The number of ether oxygens (including phenoxy) is 1. The lowest BCUT2D eigenvalue weighted by molar-refractivity contribution is -0.138. The number of pyridine rings is 2. The number of rotatable bonds is 6. The molecule has 0 spiro atoms. The van der Waals surface area contributed by atoms with Crippen LogP contribution in [0.5, 0.6) is 5.88 Å².